The lowest BCUT2D eigenvalue weighted by molar-refractivity contribution is 0.0186. The van der Waals surface area contributed by atoms with Crippen LogP contribution < -0.4 is 14.8 Å². The minimum Gasteiger partial charge on any atom is -0.494 e. The third-order valence-corrected chi connectivity index (χ3v) is 3.55. The molecule has 1 saturated heterocycles. The van der Waals surface area contributed by atoms with Crippen molar-refractivity contribution in [2.75, 3.05) is 26.3 Å². The Morgan fingerprint density at radius 1 is 1.14 bits per heavy atom. The van der Waals surface area contributed by atoms with Gasteiger partial charge in [0, 0.05) is 12.6 Å². The molecule has 1 aliphatic rings. The molecule has 1 N–H and O–H groups in total. The molecule has 0 amide bonds. The fraction of sp³-hybridized carbons (Fsp3) is 0.647. The highest BCUT2D eigenvalue weighted by Gasteiger charge is 2.25. The molecule has 2 rings (SSSR count). The average Bonchev–Trinajstić information content (AvgIpc) is 2.94. The van der Waals surface area contributed by atoms with E-state index in [0.29, 0.717) is 19.3 Å². The van der Waals surface area contributed by atoms with Crippen LogP contribution in [-0.2, 0) is 4.74 Å². The van der Waals surface area contributed by atoms with E-state index in [9.17, 15) is 0 Å². The molecule has 0 saturated carbocycles. The van der Waals surface area contributed by atoms with Crippen molar-refractivity contribution < 1.29 is 14.2 Å². The Labute approximate surface area is 127 Å². The van der Waals surface area contributed by atoms with Crippen LogP contribution in [0.15, 0.2) is 24.3 Å². The van der Waals surface area contributed by atoms with Crippen LogP contribution in [-0.4, -0.2) is 38.5 Å². The molecule has 2 unspecified atom stereocenters. The molecule has 4 nitrogen and oxygen atoms in total. The maximum absolute atomic E-state index is 5.99. The molecule has 1 aliphatic heterocycles. The number of benzene rings is 1. The maximum atomic E-state index is 5.99. The van der Waals surface area contributed by atoms with Crippen LogP contribution in [0, 0.1) is 0 Å². The fourth-order valence-electron chi connectivity index (χ4n) is 2.50. The highest BCUT2D eigenvalue weighted by Crippen LogP contribution is 2.23. The molecule has 1 fully saturated rings. The van der Waals surface area contributed by atoms with Crippen molar-refractivity contribution in [1.29, 1.82) is 0 Å². The van der Waals surface area contributed by atoms with Gasteiger partial charge in [0.25, 0.3) is 0 Å². The van der Waals surface area contributed by atoms with Crippen LogP contribution in [0.3, 0.4) is 0 Å². The van der Waals surface area contributed by atoms with Gasteiger partial charge in [0.2, 0.25) is 0 Å². The second kappa shape index (κ2) is 8.90. The lowest BCUT2D eigenvalue weighted by Crippen LogP contribution is -2.28. The van der Waals surface area contributed by atoms with Crippen molar-refractivity contribution >= 4 is 0 Å². The van der Waals surface area contributed by atoms with Crippen molar-refractivity contribution in [2.24, 2.45) is 0 Å². The van der Waals surface area contributed by atoms with Crippen molar-refractivity contribution in [2.45, 2.75) is 45.3 Å². The number of ether oxygens (including phenoxy) is 3. The SMILES string of the molecule is CCCNCC1CCC(COc2cccc(OCC)c2)O1. The van der Waals surface area contributed by atoms with Crippen LogP contribution in [0.2, 0.25) is 0 Å². The normalized spacial score (nSPS) is 21.4. The summed E-state index contributed by atoms with van der Waals surface area (Å²) in [5.74, 6) is 1.70. The Morgan fingerprint density at radius 3 is 2.67 bits per heavy atom. The largest absolute Gasteiger partial charge is 0.494 e. The van der Waals surface area contributed by atoms with Gasteiger partial charge in [-0.15, -0.1) is 0 Å². The van der Waals surface area contributed by atoms with Gasteiger partial charge in [-0.25, -0.2) is 0 Å². The van der Waals surface area contributed by atoms with Gasteiger partial charge in [0.15, 0.2) is 0 Å². The summed E-state index contributed by atoms with van der Waals surface area (Å²) in [5, 5.41) is 3.41. The molecule has 0 radical (unpaired) electrons. The molecule has 118 valence electrons. The first kappa shape index (κ1) is 16.1. The first-order valence-electron chi connectivity index (χ1n) is 8.03. The van der Waals surface area contributed by atoms with E-state index in [1.165, 1.54) is 0 Å². The summed E-state index contributed by atoms with van der Waals surface area (Å²) in [4.78, 5) is 0. The summed E-state index contributed by atoms with van der Waals surface area (Å²) < 4.78 is 17.3. The van der Waals surface area contributed by atoms with Crippen LogP contribution in [0.4, 0.5) is 0 Å². The quantitative estimate of drug-likeness (QED) is 0.711. The van der Waals surface area contributed by atoms with E-state index in [2.05, 4.69) is 12.2 Å². The predicted molar refractivity (Wildman–Crippen MR) is 84.2 cm³/mol. The van der Waals surface area contributed by atoms with Gasteiger partial charge in [-0.05, 0) is 44.9 Å². The fourth-order valence-corrected chi connectivity index (χ4v) is 2.50. The van der Waals surface area contributed by atoms with Crippen LogP contribution >= 0.6 is 0 Å². The van der Waals surface area contributed by atoms with Crippen molar-refractivity contribution in [1.82, 2.24) is 5.32 Å². The average molecular weight is 293 g/mol. The number of nitrogens with one attached hydrogen (secondary N) is 1. The topological polar surface area (TPSA) is 39.7 Å². The van der Waals surface area contributed by atoms with Crippen LogP contribution in [0.1, 0.15) is 33.1 Å². The minimum absolute atomic E-state index is 0.203. The molecule has 0 aliphatic carbocycles. The summed E-state index contributed by atoms with van der Waals surface area (Å²) in [7, 11) is 0. The first-order valence-corrected chi connectivity index (χ1v) is 8.03. The van der Waals surface area contributed by atoms with E-state index in [1.807, 2.05) is 31.2 Å². The van der Waals surface area contributed by atoms with Crippen molar-refractivity contribution in [3.8, 4) is 11.5 Å². The van der Waals surface area contributed by atoms with Crippen molar-refractivity contribution in [3.05, 3.63) is 24.3 Å². The van der Waals surface area contributed by atoms with E-state index < -0.39 is 0 Å². The van der Waals surface area contributed by atoms with Crippen LogP contribution in [0.5, 0.6) is 11.5 Å². The summed E-state index contributed by atoms with van der Waals surface area (Å²) in [6, 6.07) is 7.78. The summed E-state index contributed by atoms with van der Waals surface area (Å²) in [6.07, 6.45) is 3.89. The van der Waals surface area contributed by atoms with E-state index >= 15 is 0 Å². The van der Waals surface area contributed by atoms with Gasteiger partial charge in [-0.1, -0.05) is 13.0 Å². The van der Waals surface area contributed by atoms with Crippen LogP contribution in [0.25, 0.3) is 0 Å². The second-order valence-corrected chi connectivity index (χ2v) is 5.38. The predicted octanol–water partition coefficient (Wildman–Crippen LogP) is 3.01. The van der Waals surface area contributed by atoms with Crippen molar-refractivity contribution in [3.63, 3.8) is 0 Å². The minimum atomic E-state index is 0.203. The Kier molecular flexibility index (Phi) is 6.83. The highest BCUT2D eigenvalue weighted by atomic mass is 16.5. The Hall–Kier alpha value is -1.26. The van der Waals surface area contributed by atoms with Gasteiger partial charge < -0.3 is 19.5 Å². The smallest absolute Gasteiger partial charge is 0.123 e. The van der Waals surface area contributed by atoms with E-state index in [4.69, 9.17) is 14.2 Å². The summed E-state index contributed by atoms with van der Waals surface area (Å²) in [5.41, 5.74) is 0. The molecule has 1 aromatic rings. The zero-order valence-corrected chi connectivity index (χ0v) is 13.1. The molecule has 1 heterocycles. The van der Waals surface area contributed by atoms with Gasteiger partial charge in [0.1, 0.15) is 18.1 Å². The zero-order valence-electron chi connectivity index (χ0n) is 13.1. The molecule has 2 atom stereocenters. The number of hydrogen-bond acceptors (Lipinski definition) is 4. The van der Waals surface area contributed by atoms with E-state index in [0.717, 1.165) is 43.9 Å². The molecular weight excluding hydrogens is 266 g/mol. The molecule has 4 heteroatoms. The standard InChI is InChI=1S/C17H27NO3/c1-3-10-18-12-16-8-9-17(21-16)13-20-15-7-5-6-14(11-15)19-4-2/h5-7,11,16-18H,3-4,8-10,12-13H2,1-2H3. The summed E-state index contributed by atoms with van der Waals surface area (Å²) >= 11 is 0. The molecule has 0 bridgehead atoms. The van der Waals surface area contributed by atoms with Gasteiger partial charge in [-0.2, -0.15) is 0 Å². The zero-order chi connectivity index (χ0) is 14.9. The molecule has 0 spiro atoms. The van der Waals surface area contributed by atoms with Gasteiger partial charge in [-0.3, -0.25) is 0 Å². The lowest BCUT2D eigenvalue weighted by Gasteiger charge is -2.15. The van der Waals surface area contributed by atoms with E-state index in [1.54, 1.807) is 0 Å². The third-order valence-electron chi connectivity index (χ3n) is 3.55. The second-order valence-electron chi connectivity index (χ2n) is 5.38. The van der Waals surface area contributed by atoms with E-state index in [-0.39, 0.29) is 6.10 Å². The van der Waals surface area contributed by atoms with Gasteiger partial charge in [0.05, 0.1) is 18.8 Å². The number of rotatable bonds is 9. The Morgan fingerprint density at radius 2 is 1.90 bits per heavy atom. The maximum Gasteiger partial charge on any atom is 0.123 e. The third kappa shape index (κ3) is 5.56. The van der Waals surface area contributed by atoms with Gasteiger partial charge >= 0.3 is 0 Å². The Balaban J connectivity index is 1.70. The number of hydrogen-bond donors (Lipinski definition) is 1. The monoisotopic (exact) mass is 293 g/mol. The first-order chi connectivity index (χ1) is 10.3. The molecular formula is C17H27NO3. The summed E-state index contributed by atoms with van der Waals surface area (Å²) in [6.45, 7) is 7.44. The Bertz CT molecular complexity index is 411. The molecule has 21 heavy (non-hydrogen) atoms. The lowest BCUT2D eigenvalue weighted by atomic mass is 10.2. The molecule has 1 aromatic carbocycles. The molecule has 0 aromatic heterocycles. The highest BCUT2D eigenvalue weighted by molar-refractivity contribution is 5.32.